The quantitative estimate of drug-likeness (QED) is 0.500. The minimum Gasteiger partial charge on any atom is -0.489 e. The standard InChI is InChI=1S/C19H22N4O5S/c24-23(25)16-4-6-17(7-5-16)29(26,27)21-15-3-8-18-19(13-15)28-12-11-22(18)10-9-20-14-1-2-14/h3-8,13-14,20-21H,1-2,9-12H2. The lowest BCUT2D eigenvalue weighted by atomic mass is 10.2. The van der Waals surface area contributed by atoms with Crippen molar-refractivity contribution in [3.8, 4) is 5.75 Å². The zero-order valence-electron chi connectivity index (χ0n) is 15.7. The summed E-state index contributed by atoms with van der Waals surface area (Å²) in [4.78, 5) is 12.3. The normalized spacial score (nSPS) is 16.1. The summed E-state index contributed by atoms with van der Waals surface area (Å²) in [5.74, 6) is 0.631. The predicted octanol–water partition coefficient (Wildman–Crippen LogP) is 2.35. The summed E-state index contributed by atoms with van der Waals surface area (Å²) in [7, 11) is -3.86. The third-order valence-electron chi connectivity index (χ3n) is 4.92. The third-order valence-corrected chi connectivity index (χ3v) is 6.32. The van der Waals surface area contributed by atoms with E-state index in [4.69, 9.17) is 4.74 Å². The van der Waals surface area contributed by atoms with Crippen molar-refractivity contribution in [3.63, 3.8) is 0 Å². The van der Waals surface area contributed by atoms with Gasteiger partial charge in [0.25, 0.3) is 15.7 Å². The molecule has 2 aromatic rings. The molecule has 9 nitrogen and oxygen atoms in total. The van der Waals surface area contributed by atoms with Gasteiger partial charge < -0.3 is 15.0 Å². The number of benzene rings is 2. The Balaban J connectivity index is 1.46. The van der Waals surface area contributed by atoms with E-state index < -0.39 is 14.9 Å². The summed E-state index contributed by atoms with van der Waals surface area (Å²) < 4.78 is 33.4. The average molecular weight is 418 g/mol. The fraction of sp³-hybridized carbons (Fsp3) is 0.368. The van der Waals surface area contributed by atoms with Crippen molar-refractivity contribution < 1.29 is 18.1 Å². The number of hydrogen-bond acceptors (Lipinski definition) is 7. The van der Waals surface area contributed by atoms with Gasteiger partial charge in [0.1, 0.15) is 12.4 Å². The lowest BCUT2D eigenvalue weighted by molar-refractivity contribution is -0.384. The molecule has 0 aromatic heterocycles. The smallest absolute Gasteiger partial charge is 0.269 e. The molecule has 0 atom stereocenters. The number of nitro groups is 1. The van der Waals surface area contributed by atoms with Gasteiger partial charge in [0.2, 0.25) is 0 Å². The molecule has 0 saturated heterocycles. The number of nitro benzene ring substituents is 1. The van der Waals surface area contributed by atoms with E-state index >= 15 is 0 Å². The Morgan fingerprint density at radius 3 is 2.62 bits per heavy atom. The minimum atomic E-state index is -3.86. The molecular formula is C19H22N4O5S. The van der Waals surface area contributed by atoms with Gasteiger partial charge in [0.05, 0.1) is 27.7 Å². The van der Waals surface area contributed by atoms with Crippen molar-refractivity contribution in [1.82, 2.24) is 5.32 Å². The van der Waals surface area contributed by atoms with Gasteiger partial charge in [0.15, 0.2) is 0 Å². The van der Waals surface area contributed by atoms with Crippen LogP contribution in [0.3, 0.4) is 0 Å². The molecule has 2 N–H and O–H groups in total. The first-order chi connectivity index (χ1) is 13.9. The van der Waals surface area contributed by atoms with Gasteiger partial charge in [-0.2, -0.15) is 0 Å². The number of fused-ring (bicyclic) bond motifs is 1. The first kappa shape index (κ1) is 19.5. The van der Waals surface area contributed by atoms with Gasteiger partial charge in [-0.05, 0) is 37.1 Å². The second-order valence-electron chi connectivity index (χ2n) is 7.10. The minimum absolute atomic E-state index is 0.0467. The van der Waals surface area contributed by atoms with Crippen LogP contribution in [0.1, 0.15) is 12.8 Å². The highest BCUT2D eigenvalue weighted by atomic mass is 32.2. The van der Waals surface area contributed by atoms with Crippen molar-refractivity contribution in [2.24, 2.45) is 0 Å². The number of hydrogen-bond donors (Lipinski definition) is 2. The predicted molar refractivity (Wildman–Crippen MR) is 109 cm³/mol. The molecule has 0 radical (unpaired) electrons. The van der Waals surface area contributed by atoms with Crippen molar-refractivity contribution >= 4 is 27.1 Å². The van der Waals surface area contributed by atoms with E-state index in [2.05, 4.69) is 14.9 Å². The molecule has 0 spiro atoms. The van der Waals surface area contributed by atoms with E-state index in [-0.39, 0.29) is 10.6 Å². The van der Waals surface area contributed by atoms with Crippen molar-refractivity contribution in [3.05, 3.63) is 52.6 Å². The molecule has 0 unspecified atom stereocenters. The molecule has 4 rings (SSSR count). The zero-order valence-corrected chi connectivity index (χ0v) is 16.5. The molecule has 10 heteroatoms. The zero-order chi connectivity index (χ0) is 20.4. The molecular weight excluding hydrogens is 396 g/mol. The molecule has 2 aromatic carbocycles. The molecule has 2 aliphatic rings. The molecule has 1 saturated carbocycles. The summed E-state index contributed by atoms with van der Waals surface area (Å²) in [5, 5.41) is 14.2. The fourth-order valence-corrected chi connectivity index (χ4v) is 4.27. The molecule has 1 aliphatic carbocycles. The number of ether oxygens (including phenoxy) is 1. The van der Waals surface area contributed by atoms with Gasteiger partial charge >= 0.3 is 0 Å². The van der Waals surface area contributed by atoms with Crippen LogP contribution in [0, 0.1) is 10.1 Å². The van der Waals surface area contributed by atoms with Gasteiger partial charge in [-0.3, -0.25) is 14.8 Å². The van der Waals surface area contributed by atoms with Crippen molar-refractivity contribution in [2.45, 2.75) is 23.8 Å². The first-order valence-corrected chi connectivity index (χ1v) is 10.9. The Bertz CT molecular complexity index is 1010. The van der Waals surface area contributed by atoms with Crippen LogP contribution in [0.25, 0.3) is 0 Å². The van der Waals surface area contributed by atoms with Crippen LogP contribution < -0.4 is 19.7 Å². The maximum absolute atomic E-state index is 12.6. The summed E-state index contributed by atoms with van der Waals surface area (Å²) in [5.41, 5.74) is 1.15. The summed E-state index contributed by atoms with van der Waals surface area (Å²) in [6.07, 6.45) is 2.50. The van der Waals surface area contributed by atoms with E-state index in [9.17, 15) is 18.5 Å². The lowest BCUT2D eigenvalue weighted by Gasteiger charge is -2.31. The first-order valence-electron chi connectivity index (χ1n) is 9.45. The van der Waals surface area contributed by atoms with E-state index in [1.165, 1.54) is 25.0 Å². The highest BCUT2D eigenvalue weighted by molar-refractivity contribution is 7.92. The van der Waals surface area contributed by atoms with Gasteiger partial charge in [-0.15, -0.1) is 0 Å². The van der Waals surface area contributed by atoms with Gasteiger partial charge in [-0.1, -0.05) is 0 Å². The topological polar surface area (TPSA) is 114 Å². The van der Waals surface area contributed by atoms with Gasteiger partial charge in [0, 0.05) is 37.3 Å². The average Bonchev–Trinajstić information content (AvgIpc) is 3.52. The van der Waals surface area contributed by atoms with Crippen molar-refractivity contribution in [2.75, 3.05) is 35.9 Å². The van der Waals surface area contributed by atoms with E-state index in [1.807, 2.05) is 6.07 Å². The van der Waals surface area contributed by atoms with Crippen LogP contribution >= 0.6 is 0 Å². The monoisotopic (exact) mass is 418 g/mol. The summed E-state index contributed by atoms with van der Waals surface area (Å²) in [6.45, 7) is 3.08. The Labute approximate surface area is 168 Å². The molecule has 1 heterocycles. The Kier molecular flexibility index (Phi) is 5.29. The highest BCUT2D eigenvalue weighted by Gasteiger charge is 2.23. The highest BCUT2D eigenvalue weighted by Crippen LogP contribution is 2.34. The van der Waals surface area contributed by atoms with E-state index in [0.717, 1.165) is 37.5 Å². The van der Waals surface area contributed by atoms with Gasteiger partial charge in [-0.25, -0.2) is 8.42 Å². The largest absolute Gasteiger partial charge is 0.489 e. The number of anilines is 2. The Hall–Kier alpha value is -2.85. The summed E-state index contributed by atoms with van der Waals surface area (Å²) >= 11 is 0. The number of nitrogens with one attached hydrogen (secondary N) is 2. The third kappa shape index (κ3) is 4.60. The van der Waals surface area contributed by atoms with Crippen LogP contribution in [0.4, 0.5) is 17.1 Å². The molecule has 0 bridgehead atoms. The van der Waals surface area contributed by atoms with E-state index in [1.54, 1.807) is 12.1 Å². The Morgan fingerprint density at radius 2 is 1.93 bits per heavy atom. The number of sulfonamides is 1. The van der Waals surface area contributed by atoms with Crippen LogP contribution in [0.2, 0.25) is 0 Å². The summed E-state index contributed by atoms with van der Waals surface area (Å²) in [6, 6.07) is 10.6. The molecule has 1 aliphatic heterocycles. The number of rotatable bonds is 8. The lowest BCUT2D eigenvalue weighted by Crippen LogP contribution is -2.38. The van der Waals surface area contributed by atoms with Crippen LogP contribution in [-0.2, 0) is 10.0 Å². The molecule has 0 amide bonds. The number of non-ortho nitro benzene ring substituents is 1. The van der Waals surface area contributed by atoms with Crippen LogP contribution in [0.15, 0.2) is 47.4 Å². The molecule has 29 heavy (non-hydrogen) atoms. The second kappa shape index (κ2) is 7.88. The maximum atomic E-state index is 12.6. The second-order valence-corrected chi connectivity index (χ2v) is 8.79. The molecule has 1 fully saturated rings. The maximum Gasteiger partial charge on any atom is 0.269 e. The fourth-order valence-electron chi connectivity index (χ4n) is 3.23. The SMILES string of the molecule is O=[N+]([O-])c1ccc(S(=O)(=O)Nc2ccc3c(c2)OCCN3CCNC2CC2)cc1. The Morgan fingerprint density at radius 1 is 1.17 bits per heavy atom. The van der Waals surface area contributed by atoms with Crippen LogP contribution in [0.5, 0.6) is 5.75 Å². The number of nitrogens with zero attached hydrogens (tertiary/aromatic N) is 2. The van der Waals surface area contributed by atoms with Crippen molar-refractivity contribution in [1.29, 1.82) is 0 Å². The van der Waals surface area contributed by atoms with E-state index in [0.29, 0.717) is 24.1 Å². The molecule has 154 valence electrons. The van der Waals surface area contributed by atoms with Crippen LogP contribution in [-0.4, -0.2) is 45.6 Å².